The van der Waals surface area contributed by atoms with E-state index in [4.69, 9.17) is 13.7 Å². The number of hydrogen-bond donors (Lipinski definition) is 1. The van der Waals surface area contributed by atoms with E-state index in [-0.39, 0.29) is 18.9 Å². The van der Waals surface area contributed by atoms with Crippen LogP contribution in [0.25, 0.3) is 22.3 Å². The lowest BCUT2D eigenvalue weighted by molar-refractivity contribution is 0.00578. The van der Waals surface area contributed by atoms with E-state index in [0.29, 0.717) is 52.0 Å². The standard InChI is InChI=1S/C34H38BFN2O6S/c1-33(2)34(3,4)44-35(43-33)17-16-21-8-7-9-25(18-21)38(45(6,40)41)28-20-29-27(19-26(28)22-10-11-22)30(32(39)37-5)31(42-29)23-12-14-24(36)15-13-23/h7-9,12-15,18-20,22H,10-11,16-17H2,1-6H3,(H,37,39). The molecule has 236 valence electrons. The number of nitrogens with zero attached hydrogens (tertiary/aromatic N) is 1. The Hall–Kier alpha value is -3.67. The number of amides is 1. The molecule has 45 heavy (non-hydrogen) atoms. The molecule has 1 aromatic heterocycles. The van der Waals surface area contributed by atoms with E-state index >= 15 is 0 Å². The lowest BCUT2D eigenvalue weighted by Gasteiger charge is -2.32. The number of nitrogens with one attached hydrogen (secondary N) is 1. The van der Waals surface area contributed by atoms with Crippen LogP contribution in [0.1, 0.15) is 67.9 Å². The summed E-state index contributed by atoms with van der Waals surface area (Å²) in [5.41, 5.74) is 3.13. The van der Waals surface area contributed by atoms with Crippen LogP contribution in [0.15, 0.2) is 65.1 Å². The number of anilines is 2. The van der Waals surface area contributed by atoms with Crippen LogP contribution in [0.5, 0.6) is 0 Å². The van der Waals surface area contributed by atoms with E-state index in [1.807, 2.05) is 52.0 Å². The first-order valence-corrected chi connectivity index (χ1v) is 17.1. The number of benzene rings is 3. The molecule has 0 radical (unpaired) electrons. The van der Waals surface area contributed by atoms with Gasteiger partial charge in [-0.2, -0.15) is 0 Å². The molecule has 4 aromatic rings. The SMILES string of the molecule is CNC(=O)c1c(-c2ccc(F)cc2)oc2cc(N(c3cccc(CCB4OC(C)(C)C(C)(C)O4)c3)S(C)(=O)=O)c(C3CC3)cc12. The van der Waals surface area contributed by atoms with Crippen molar-refractivity contribution in [3.63, 3.8) is 0 Å². The third-order valence-electron chi connectivity index (χ3n) is 9.08. The maximum Gasteiger partial charge on any atom is 0.458 e. The molecular formula is C34H38BFN2O6S. The van der Waals surface area contributed by atoms with Gasteiger partial charge in [0.05, 0.1) is 34.4 Å². The number of rotatable bonds is 9. The van der Waals surface area contributed by atoms with Gasteiger partial charge in [0.25, 0.3) is 5.91 Å². The summed E-state index contributed by atoms with van der Waals surface area (Å²) >= 11 is 0. The van der Waals surface area contributed by atoms with E-state index in [1.54, 1.807) is 24.3 Å². The minimum atomic E-state index is -3.81. The predicted molar refractivity (Wildman–Crippen MR) is 175 cm³/mol. The Labute approximate surface area is 264 Å². The fourth-order valence-corrected chi connectivity index (χ4v) is 6.93. The Morgan fingerprint density at radius 3 is 2.29 bits per heavy atom. The highest BCUT2D eigenvalue weighted by Gasteiger charge is 2.50. The molecule has 8 nitrogen and oxygen atoms in total. The van der Waals surface area contributed by atoms with Gasteiger partial charge in [0.2, 0.25) is 10.0 Å². The predicted octanol–water partition coefficient (Wildman–Crippen LogP) is 7.21. The van der Waals surface area contributed by atoms with Gasteiger partial charge in [-0.3, -0.25) is 4.79 Å². The van der Waals surface area contributed by atoms with Crippen LogP contribution in [0.2, 0.25) is 6.32 Å². The number of hydrogen-bond acceptors (Lipinski definition) is 6. The first-order chi connectivity index (χ1) is 21.2. The fourth-order valence-electron chi connectivity index (χ4n) is 5.92. The van der Waals surface area contributed by atoms with Crippen LogP contribution in [-0.2, 0) is 25.8 Å². The molecule has 2 fully saturated rings. The summed E-state index contributed by atoms with van der Waals surface area (Å²) in [7, 11) is -2.63. The van der Waals surface area contributed by atoms with E-state index < -0.39 is 27.0 Å². The molecule has 1 amide bonds. The molecular weight excluding hydrogens is 594 g/mol. The lowest BCUT2D eigenvalue weighted by atomic mass is 9.81. The summed E-state index contributed by atoms with van der Waals surface area (Å²) < 4.78 is 60.7. The summed E-state index contributed by atoms with van der Waals surface area (Å²) in [6.07, 6.45) is 4.25. The van der Waals surface area contributed by atoms with Crippen LogP contribution in [-0.4, -0.2) is 45.9 Å². The van der Waals surface area contributed by atoms with Gasteiger partial charge in [-0.1, -0.05) is 12.1 Å². The van der Waals surface area contributed by atoms with Crippen LogP contribution >= 0.6 is 0 Å². The molecule has 11 heteroatoms. The maximum absolute atomic E-state index is 13.7. The second-order valence-electron chi connectivity index (χ2n) is 13.0. The molecule has 0 bridgehead atoms. The van der Waals surface area contributed by atoms with Crippen LogP contribution in [0.3, 0.4) is 0 Å². The van der Waals surface area contributed by atoms with E-state index in [1.165, 1.54) is 29.7 Å². The van der Waals surface area contributed by atoms with Crippen molar-refractivity contribution in [1.29, 1.82) is 0 Å². The molecule has 3 aromatic carbocycles. The second-order valence-corrected chi connectivity index (χ2v) is 14.8. The third-order valence-corrected chi connectivity index (χ3v) is 10.2. The number of sulfonamides is 1. The minimum Gasteiger partial charge on any atom is -0.455 e. The van der Waals surface area contributed by atoms with E-state index in [9.17, 15) is 17.6 Å². The zero-order chi connectivity index (χ0) is 32.3. The van der Waals surface area contributed by atoms with Crippen LogP contribution in [0.4, 0.5) is 15.8 Å². The summed E-state index contributed by atoms with van der Waals surface area (Å²) in [6.45, 7) is 8.08. The number of carbonyl (C=O) groups excluding carboxylic acids is 1. The summed E-state index contributed by atoms with van der Waals surface area (Å²) in [5, 5.41) is 3.26. The Bertz CT molecular complexity index is 1870. The van der Waals surface area contributed by atoms with Crippen molar-refractivity contribution in [3.05, 3.63) is 83.2 Å². The average molecular weight is 633 g/mol. The third kappa shape index (κ3) is 6.01. The summed E-state index contributed by atoms with van der Waals surface area (Å²) in [5.74, 6) is -0.324. The molecule has 2 aliphatic rings. The number of fused-ring (bicyclic) bond motifs is 1. The highest BCUT2D eigenvalue weighted by Crippen LogP contribution is 2.49. The van der Waals surface area contributed by atoms with Crippen molar-refractivity contribution >= 4 is 45.4 Å². The monoisotopic (exact) mass is 632 g/mol. The van der Waals surface area contributed by atoms with Gasteiger partial charge >= 0.3 is 7.12 Å². The summed E-state index contributed by atoms with van der Waals surface area (Å²) in [6, 6.07) is 16.8. The van der Waals surface area contributed by atoms with E-state index in [0.717, 1.165) is 24.0 Å². The highest BCUT2D eigenvalue weighted by atomic mass is 32.2. The van der Waals surface area contributed by atoms with Crippen molar-refractivity contribution in [2.75, 3.05) is 17.6 Å². The number of furan rings is 1. The summed E-state index contributed by atoms with van der Waals surface area (Å²) in [4.78, 5) is 13.1. The van der Waals surface area contributed by atoms with Gasteiger partial charge in [0, 0.05) is 24.1 Å². The normalized spacial score (nSPS) is 17.5. The fraction of sp³-hybridized carbons (Fsp3) is 0.382. The zero-order valence-electron chi connectivity index (χ0n) is 26.4. The van der Waals surface area contributed by atoms with Gasteiger partial charge < -0.3 is 19.0 Å². The second kappa shape index (κ2) is 11.3. The molecule has 0 unspecified atom stereocenters. The molecule has 6 rings (SSSR count). The van der Waals surface area contributed by atoms with Crippen LogP contribution < -0.4 is 9.62 Å². The van der Waals surface area contributed by atoms with Gasteiger partial charge in [-0.25, -0.2) is 17.1 Å². The number of aryl methyl sites for hydroxylation is 1. The van der Waals surface area contributed by atoms with Crippen molar-refractivity contribution in [1.82, 2.24) is 5.32 Å². The topological polar surface area (TPSA) is 98.1 Å². The van der Waals surface area contributed by atoms with Gasteiger partial charge in [0.1, 0.15) is 17.2 Å². The Balaban J connectivity index is 1.42. The molecule has 1 N–H and O–H groups in total. The van der Waals surface area contributed by atoms with Crippen molar-refractivity contribution in [3.8, 4) is 11.3 Å². The Kier molecular flexibility index (Phi) is 7.86. The Morgan fingerprint density at radius 1 is 1.02 bits per heavy atom. The minimum absolute atomic E-state index is 0.141. The molecule has 0 spiro atoms. The van der Waals surface area contributed by atoms with Crippen LogP contribution in [0, 0.1) is 5.82 Å². The molecule has 1 aliphatic heterocycles. The quantitative estimate of drug-likeness (QED) is 0.196. The lowest BCUT2D eigenvalue weighted by Crippen LogP contribution is -2.41. The van der Waals surface area contributed by atoms with Gasteiger partial charge in [0.15, 0.2) is 0 Å². The molecule has 1 aliphatic carbocycles. The van der Waals surface area contributed by atoms with Gasteiger partial charge in [-0.05, 0) is 113 Å². The maximum atomic E-state index is 13.7. The first kappa shape index (κ1) is 31.3. The van der Waals surface area contributed by atoms with E-state index in [2.05, 4.69) is 5.32 Å². The van der Waals surface area contributed by atoms with Gasteiger partial charge in [-0.15, -0.1) is 0 Å². The smallest absolute Gasteiger partial charge is 0.455 e. The molecule has 1 saturated heterocycles. The molecule has 0 atom stereocenters. The average Bonchev–Trinajstić information content (AvgIpc) is 3.71. The number of halogens is 1. The highest BCUT2D eigenvalue weighted by molar-refractivity contribution is 7.92. The molecule has 1 saturated carbocycles. The van der Waals surface area contributed by atoms with Crippen molar-refractivity contribution in [2.45, 2.75) is 70.4 Å². The van der Waals surface area contributed by atoms with Crippen molar-refractivity contribution < 1.29 is 31.3 Å². The first-order valence-electron chi connectivity index (χ1n) is 15.2. The number of carbonyl (C=O) groups is 1. The largest absolute Gasteiger partial charge is 0.458 e. The Morgan fingerprint density at radius 2 is 1.69 bits per heavy atom. The van der Waals surface area contributed by atoms with Crippen molar-refractivity contribution in [2.24, 2.45) is 0 Å². The molecule has 2 heterocycles. The zero-order valence-corrected chi connectivity index (χ0v) is 27.3.